The van der Waals surface area contributed by atoms with E-state index in [1.165, 1.54) is 16.9 Å². The molecule has 0 atom stereocenters. The molecule has 0 bridgehead atoms. The number of rotatable bonds is 5. The molecule has 24 heavy (non-hydrogen) atoms. The number of aryl methyl sites for hydroxylation is 1. The van der Waals surface area contributed by atoms with E-state index in [1.807, 2.05) is 36.6 Å². The first kappa shape index (κ1) is 16.6. The van der Waals surface area contributed by atoms with Gasteiger partial charge < -0.3 is 10.2 Å². The number of likely N-dealkylation sites (tertiary alicyclic amines) is 1. The van der Waals surface area contributed by atoms with Crippen molar-refractivity contribution in [2.45, 2.75) is 26.2 Å². The molecule has 0 unspecified atom stereocenters. The lowest BCUT2D eigenvalue weighted by Crippen LogP contribution is -2.39. The summed E-state index contributed by atoms with van der Waals surface area (Å²) in [5, 5.41) is 5.51. The van der Waals surface area contributed by atoms with Crippen LogP contribution in [0.3, 0.4) is 0 Å². The van der Waals surface area contributed by atoms with Crippen molar-refractivity contribution in [1.82, 2.24) is 15.2 Å². The van der Waals surface area contributed by atoms with Crippen molar-refractivity contribution in [3.8, 4) is 10.6 Å². The number of aromatic nitrogens is 1. The van der Waals surface area contributed by atoms with Gasteiger partial charge in [-0.05, 0) is 19.8 Å². The van der Waals surface area contributed by atoms with E-state index in [-0.39, 0.29) is 24.8 Å². The van der Waals surface area contributed by atoms with E-state index in [9.17, 15) is 9.59 Å². The zero-order chi connectivity index (χ0) is 16.9. The number of nitrogens with one attached hydrogen (secondary N) is 1. The molecular weight excluding hydrogens is 322 g/mol. The van der Waals surface area contributed by atoms with E-state index in [4.69, 9.17) is 0 Å². The molecule has 6 heteroatoms. The summed E-state index contributed by atoms with van der Waals surface area (Å²) >= 11 is 1.53. The van der Waals surface area contributed by atoms with Crippen LogP contribution in [0.4, 0.5) is 0 Å². The van der Waals surface area contributed by atoms with Crippen molar-refractivity contribution in [2.24, 2.45) is 0 Å². The number of thiazole rings is 1. The van der Waals surface area contributed by atoms with Gasteiger partial charge in [0, 0.05) is 24.0 Å². The second-order valence-electron chi connectivity index (χ2n) is 6.05. The molecular formula is C18H21N3O2S. The second-order valence-corrected chi connectivity index (χ2v) is 6.91. The molecule has 1 aliphatic rings. The van der Waals surface area contributed by atoms with E-state index in [0.717, 1.165) is 42.2 Å². The predicted molar refractivity (Wildman–Crippen MR) is 94.8 cm³/mol. The maximum Gasteiger partial charge on any atom is 0.241 e. The molecule has 1 aliphatic heterocycles. The van der Waals surface area contributed by atoms with Crippen LogP contribution in [0.5, 0.6) is 0 Å². The van der Waals surface area contributed by atoms with Gasteiger partial charge in [-0.1, -0.05) is 29.8 Å². The standard InChI is InChI=1S/C18H21N3O2S/c1-13-4-6-14(7-5-13)18-20-15(12-24-18)10-16(22)19-11-17(23)21-8-2-3-9-21/h4-7,12H,2-3,8-11H2,1H3,(H,19,22). The number of carbonyl (C=O) groups excluding carboxylic acids is 2. The minimum absolute atomic E-state index is 0.000489. The van der Waals surface area contributed by atoms with E-state index in [2.05, 4.69) is 10.3 Å². The zero-order valence-electron chi connectivity index (χ0n) is 13.7. The molecule has 126 valence electrons. The summed E-state index contributed by atoms with van der Waals surface area (Å²) in [4.78, 5) is 30.2. The van der Waals surface area contributed by atoms with Crippen LogP contribution in [0.1, 0.15) is 24.1 Å². The average Bonchev–Trinajstić information content (AvgIpc) is 3.25. The van der Waals surface area contributed by atoms with Crippen molar-refractivity contribution < 1.29 is 9.59 Å². The number of amides is 2. The van der Waals surface area contributed by atoms with Crippen molar-refractivity contribution in [3.05, 3.63) is 40.9 Å². The lowest BCUT2D eigenvalue weighted by molar-refractivity contribution is -0.131. The van der Waals surface area contributed by atoms with E-state index in [1.54, 1.807) is 4.90 Å². The Labute approximate surface area is 145 Å². The summed E-state index contributed by atoms with van der Waals surface area (Å²) in [6, 6.07) is 8.17. The maximum atomic E-state index is 12.0. The monoisotopic (exact) mass is 343 g/mol. The largest absolute Gasteiger partial charge is 0.347 e. The van der Waals surface area contributed by atoms with Crippen molar-refractivity contribution in [1.29, 1.82) is 0 Å². The molecule has 0 saturated carbocycles. The molecule has 1 saturated heterocycles. The first-order valence-electron chi connectivity index (χ1n) is 8.18. The second kappa shape index (κ2) is 7.57. The third-order valence-electron chi connectivity index (χ3n) is 4.09. The minimum atomic E-state index is -0.164. The third kappa shape index (κ3) is 4.20. The van der Waals surface area contributed by atoms with Crippen LogP contribution in [0, 0.1) is 6.92 Å². The topological polar surface area (TPSA) is 62.3 Å². The number of carbonyl (C=O) groups is 2. The summed E-state index contributed by atoms with van der Waals surface area (Å²) in [6.07, 6.45) is 2.32. The highest BCUT2D eigenvalue weighted by molar-refractivity contribution is 7.13. The lowest BCUT2D eigenvalue weighted by Gasteiger charge is -2.15. The van der Waals surface area contributed by atoms with Gasteiger partial charge in [-0.2, -0.15) is 0 Å². The van der Waals surface area contributed by atoms with Gasteiger partial charge in [0.2, 0.25) is 11.8 Å². The highest BCUT2D eigenvalue weighted by atomic mass is 32.1. The number of benzene rings is 1. The zero-order valence-corrected chi connectivity index (χ0v) is 14.6. The van der Waals surface area contributed by atoms with Gasteiger partial charge in [0.1, 0.15) is 5.01 Å². The molecule has 1 N–H and O–H groups in total. The minimum Gasteiger partial charge on any atom is -0.347 e. The highest BCUT2D eigenvalue weighted by Gasteiger charge is 2.18. The summed E-state index contributed by atoms with van der Waals surface area (Å²) in [5.74, 6) is -0.164. The van der Waals surface area contributed by atoms with Crippen LogP contribution >= 0.6 is 11.3 Å². The SMILES string of the molecule is Cc1ccc(-c2nc(CC(=O)NCC(=O)N3CCCC3)cs2)cc1. The molecule has 2 heterocycles. The molecule has 2 amide bonds. The Bertz CT molecular complexity index is 718. The molecule has 1 fully saturated rings. The van der Waals surface area contributed by atoms with Gasteiger partial charge >= 0.3 is 0 Å². The lowest BCUT2D eigenvalue weighted by atomic mass is 10.2. The Kier molecular flexibility index (Phi) is 5.25. The first-order chi connectivity index (χ1) is 11.6. The molecule has 0 aliphatic carbocycles. The van der Waals surface area contributed by atoms with Gasteiger partial charge in [-0.15, -0.1) is 11.3 Å². The summed E-state index contributed by atoms with van der Waals surface area (Å²) < 4.78 is 0. The van der Waals surface area contributed by atoms with Crippen LogP contribution in [0.25, 0.3) is 10.6 Å². The quantitative estimate of drug-likeness (QED) is 0.907. The van der Waals surface area contributed by atoms with Crippen LogP contribution < -0.4 is 5.32 Å². The Morgan fingerprint density at radius 1 is 1.21 bits per heavy atom. The van der Waals surface area contributed by atoms with Gasteiger partial charge in [-0.25, -0.2) is 4.98 Å². The fourth-order valence-corrected chi connectivity index (χ4v) is 3.52. The van der Waals surface area contributed by atoms with Crippen LogP contribution in [0.15, 0.2) is 29.6 Å². The van der Waals surface area contributed by atoms with Crippen molar-refractivity contribution in [3.63, 3.8) is 0 Å². The van der Waals surface area contributed by atoms with Crippen LogP contribution in [-0.2, 0) is 16.0 Å². The van der Waals surface area contributed by atoms with E-state index >= 15 is 0 Å². The summed E-state index contributed by atoms with van der Waals surface area (Å²) in [7, 11) is 0. The van der Waals surface area contributed by atoms with Gasteiger partial charge in [0.25, 0.3) is 0 Å². The van der Waals surface area contributed by atoms with Crippen molar-refractivity contribution in [2.75, 3.05) is 19.6 Å². The van der Waals surface area contributed by atoms with Crippen LogP contribution in [0.2, 0.25) is 0 Å². The first-order valence-corrected chi connectivity index (χ1v) is 9.06. The highest BCUT2D eigenvalue weighted by Crippen LogP contribution is 2.24. The number of hydrogen-bond acceptors (Lipinski definition) is 4. The fourth-order valence-electron chi connectivity index (χ4n) is 2.70. The fraction of sp³-hybridized carbons (Fsp3) is 0.389. The van der Waals surface area contributed by atoms with Gasteiger partial charge in [-0.3, -0.25) is 9.59 Å². The average molecular weight is 343 g/mol. The Morgan fingerprint density at radius 3 is 2.62 bits per heavy atom. The summed E-state index contributed by atoms with van der Waals surface area (Å²) in [6.45, 7) is 3.74. The molecule has 0 spiro atoms. The molecule has 2 aromatic rings. The Morgan fingerprint density at radius 2 is 1.92 bits per heavy atom. The Hall–Kier alpha value is -2.21. The van der Waals surface area contributed by atoms with Gasteiger partial charge in [0.05, 0.1) is 18.7 Å². The Balaban J connectivity index is 1.51. The van der Waals surface area contributed by atoms with Crippen molar-refractivity contribution >= 4 is 23.2 Å². The maximum absolute atomic E-state index is 12.0. The third-order valence-corrected chi connectivity index (χ3v) is 5.03. The van der Waals surface area contributed by atoms with E-state index in [0.29, 0.717) is 0 Å². The molecule has 3 rings (SSSR count). The van der Waals surface area contributed by atoms with E-state index < -0.39 is 0 Å². The molecule has 1 aromatic heterocycles. The van der Waals surface area contributed by atoms with Gasteiger partial charge in [0.15, 0.2) is 0 Å². The predicted octanol–water partition coefficient (Wildman–Crippen LogP) is 2.40. The number of hydrogen-bond donors (Lipinski definition) is 1. The molecule has 0 radical (unpaired) electrons. The summed E-state index contributed by atoms with van der Waals surface area (Å²) in [5.41, 5.74) is 3.00. The smallest absolute Gasteiger partial charge is 0.241 e. The normalized spacial score (nSPS) is 14.0. The number of nitrogens with zero attached hydrogens (tertiary/aromatic N) is 2. The molecule has 1 aromatic carbocycles. The van der Waals surface area contributed by atoms with Crippen LogP contribution in [-0.4, -0.2) is 41.3 Å². The molecule has 5 nitrogen and oxygen atoms in total.